The van der Waals surface area contributed by atoms with E-state index < -0.39 is 45.6 Å². The van der Waals surface area contributed by atoms with Gasteiger partial charge in [-0.1, -0.05) is 71.1 Å². The first-order valence-corrected chi connectivity index (χ1v) is 13.9. The molecule has 0 aromatic rings. The fourth-order valence-electron chi connectivity index (χ4n) is 3.58. The Morgan fingerprint density at radius 1 is 0.778 bits per heavy atom. The monoisotopic (exact) mass is 406 g/mol. The highest BCUT2D eigenvalue weighted by atomic mass is 28.4. The van der Waals surface area contributed by atoms with Gasteiger partial charge in [0, 0.05) is 0 Å². The van der Waals surface area contributed by atoms with E-state index in [1.54, 1.807) is 0 Å². The maximum absolute atomic E-state index is 10.1. The molecule has 0 aromatic carbocycles. The maximum Gasteiger partial charge on any atom is 0.190 e. The van der Waals surface area contributed by atoms with Crippen LogP contribution in [0.3, 0.4) is 0 Å². The van der Waals surface area contributed by atoms with Gasteiger partial charge >= 0.3 is 0 Å². The van der Waals surface area contributed by atoms with Crippen molar-refractivity contribution < 1.29 is 29.6 Å². The Bertz CT molecular complexity index is 379. The van der Waals surface area contributed by atoms with Crippen LogP contribution < -0.4 is 0 Å². The predicted molar refractivity (Wildman–Crippen MR) is 109 cm³/mol. The molecule has 1 aliphatic rings. The molecule has 1 heterocycles. The van der Waals surface area contributed by atoms with Crippen LogP contribution in [-0.2, 0) is 9.16 Å². The lowest BCUT2D eigenvalue weighted by atomic mass is 10.00. The Kier molecular flexibility index (Phi) is 12.3. The smallest absolute Gasteiger partial charge is 0.190 e. The summed E-state index contributed by atoms with van der Waals surface area (Å²) < 4.78 is 11.5. The van der Waals surface area contributed by atoms with E-state index in [1.807, 2.05) is 0 Å². The molecule has 0 saturated carbocycles. The highest BCUT2D eigenvalue weighted by Gasteiger charge is 2.45. The lowest BCUT2D eigenvalue weighted by molar-refractivity contribution is -0.280. The Labute approximate surface area is 166 Å². The molecule has 0 aromatic heterocycles. The zero-order valence-corrected chi connectivity index (χ0v) is 18.5. The number of aliphatic hydroxyl groups excluding tert-OH is 4. The first kappa shape index (κ1) is 25.0. The van der Waals surface area contributed by atoms with Crippen molar-refractivity contribution >= 4 is 8.32 Å². The normalized spacial score (nSPS) is 29.2. The Morgan fingerprint density at radius 3 is 1.81 bits per heavy atom. The van der Waals surface area contributed by atoms with Crippen LogP contribution in [-0.4, -0.2) is 66.1 Å². The van der Waals surface area contributed by atoms with Crippen LogP contribution in [0.25, 0.3) is 0 Å². The molecule has 0 aliphatic carbocycles. The van der Waals surface area contributed by atoms with Gasteiger partial charge in [-0.05, 0) is 19.1 Å². The third-order valence-electron chi connectivity index (χ3n) is 5.42. The summed E-state index contributed by atoms with van der Waals surface area (Å²) in [7, 11) is -2.08. The van der Waals surface area contributed by atoms with Gasteiger partial charge in [0.2, 0.25) is 0 Å². The second-order valence-electron chi connectivity index (χ2n) is 8.51. The van der Waals surface area contributed by atoms with E-state index in [0.717, 1.165) is 12.5 Å². The molecule has 162 valence electrons. The van der Waals surface area contributed by atoms with Gasteiger partial charge in [0.1, 0.15) is 24.4 Å². The average molecular weight is 407 g/mol. The molecular weight excluding hydrogens is 364 g/mol. The summed E-state index contributed by atoms with van der Waals surface area (Å²) in [6.45, 7) is 5.96. The SMILES string of the molecule is CCCCCCCCCCCC[Si](C)(C)OC1OC(CO)C(O)C(O)C1O. The molecule has 1 saturated heterocycles. The molecule has 0 radical (unpaired) electrons. The van der Waals surface area contributed by atoms with E-state index in [1.165, 1.54) is 57.8 Å². The van der Waals surface area contributed by atoms with Gasteiger partial charge in [-0.25, -0.2) is 0 Å². The number of hydrogen-bond donors (Lipinski definition) is 4. The van der Waals surface area contributed by atoms with Crippen LogP contribution in [0.15, 0.2) is 0 Å². The second kappa shape index (κ2) is 13.2. The topological polar surface area (TPSA) is 99.4 Å². The molecule has 6 nitrogen and oxygen atoms in total. The highest BCUT2D eigenvalue weighted by Crippen LogP contribution is 2.27. The van der Waals surface area contributed by atoms with Crippen LogP contribution in [0.4, 0.5) is 0 Å². The summed E-state index contributed by atoms with van der Waals surface area (Å²) in [6.07, 6.45) is 6.95. The van der Waals surface area contributed by atoms with Crippen LogP contribution in [0.5, 0.6) is 0 Å². The third-order valence-corrected chi connectivity index (χ3v) is 7.84. The van der Waals surface area contributed by atoms with Gasteiger partial charge in [-0.3, -0.25) is 0 Å². The van der Waals surface area contributed by atoms with E-state index in [0.29, 0.717) is 0 Å². The Hall–Kier alpha value is -0.0231. The summed E-state index contributed by atoms with van der Waals surface area (Å²) in [6, 6.07) is 0.957. The minimum atomic E-state index is -2.08. The maximum atomic E-state index is 10.1. The molecule has 1 rings (SSSR count). The Balaban J connectivity index is 2.21. The van der Waals surface area contributed by atoms with E-state index in [-0.39, 0.29) is 0 Å². The minimum absolute atomic E-state index is 0.425. The van der Waals surface area contributed by atoms with Crippen molar-refractivity contribution in [3.05, 3.63) is 0 Å². The van der Waals surface area contributed by atoms with Gasteiger partial charge in [0.15, 0.2) is 14.6 Å². The average Bonchev–Trinajstić information content (AvgIpc) is 2.63. The fraction of sp³-hybridized carbons (Fsp3) is 1.00. The third kappa shape index (κ3) is 9.34. The number of rotatable bonds is 14. The molecule has 7 heteroatoms. The molecule has 0 bridgehead atoms. The predicted octanol–water partition coefficient (Wildman–Crippen LogP) is 2.93. The van der Waals surface area contributed by atoms with Gasteiger partial charge in [0.25, 0.3) is 0 Å². The van der Waals surface area contributed by atoms with Crippen molar-refractivity contribution in [2.24, 2.45) is 0 Å². The highest BCUT2D eigenvalue weighted by molar-refractivity contribution is 6.71. The van der Waals surface area contributed by atoms with Crippen LogP contribution in [0.1, 0.15) is 71.1 Å². The second-order valence-corrected chi connectivity index (χ2v) is 12.8. The van der Waals surface area contributed by atoms with Crippen molar-refractivity contribution in [1.29, 1.82) is 0 Å². The van der Waals surface area contributed by atoms with E-state index >= 15 is 0 Å². The van der Waals surface area contributed by atoms with Crippen molar-refractivity contribution in [2.75, 3.05) is 6.61 Å². The van der Waals surface area contributed by atoms with E-state index in [9.17, 15) is 20.4 Å². The summed E-state index contributed by atoms with van der Waals surface area (Å²) in [4.78, 5) is 0. The molecule has 5 unspecified atom stereocenters. The molecule has 27 heavy (non-hydrogen) atoms. The van der Waals surface area contributed by atoms with Crippen LogP contribution in [0.2, 0.25) is 19.1 Å². The first-order valence-electron chi connectivity index (χ1n) is 10.8. The van der Waals surface area contributed by atoms with Crippen LogP contribution >= 0.6 is 0 Å². The standard InChI is InChI=1S/C20H42O6Si/c1-4-5-6-7-8-9-10-11-12-13-14-27(2,3)26-20-19(24)18(23)17(22)16(15-21)25-20/h16-24H,4-15H2,1-3H3. The van der Waals surface area contributed by atoms with Crippen LogP contribution in [0, 0.1) is 0 Å². The molecule has 0 amide bonds. The lowest BCUT2D eigenvalue weighted by Crippen LogP contribution is -2.60. The summed E-state index contributed by atoms with van der Waals surface area (Å²) in [5.41, 5.74) is 0. The quantitative estimate of drug-likeness (QED) is 0.261. The number of hydrogen-bond acceptors (Lipinski definition) is 6. The zero-order chi connectivity index (χ0) is 20.3. The Morgan fingerprint density at radius 2 is 1.30 bits per heavy atom. The molecule has 0 spiro atoms. The van der Waals surface area contributed by atoms with E-state index in [2.05, 4.69) is 20.0 Å². The van der Waals surface area contributed by atoms with Gasteiger partial charge in [-0.2, -0.15) is 0 Å². The molecular formula is C20H42O6Si. The van der Waals surface area contributed by atoms with Crippen molar-refractivity contribution in [3.63, 3.8) is 0 Å². The lowest BCUT2D eigenvalue weighted by Gasteiger charge is -2.42. The van der Waals surface area contributed by atoms with E-state index in [4.69, 9.17) is 9.16 Å². The number of aliphatic hydroxyl groups is 4. The molecule has 1 aliphatic heterocycles. The molecule has 4 N–H and O–H groups in total. The largest absolute Gasteiger partial charge is 0.394 e. The van der Waals surface area contributed by atoms with Gasteiger partial charge in [-0.15, -0.1) is 0 Å². The summed E-state index contributed by atoms with van der Waals surface area (Å²) in [5.74, 6) is 0. The molecule has 1 fully saturated rings. The first-order chi connectivity index (χ1) is 12.8. The fourth-order valence-corrected chi connectivity index (χ4v) is 5.62. The summed E-state index contributed by atoms with van der Waals surface area (Å²) >= 11 is 0. The van der Waals surface area contributed by atoms with Crippen molar-refractivity contribution in [1.82, 2.24) is 0 Å². The molecule has 5 atom stereocenters. The number of unbranched alkanes of at least 4 members (excludes halogenated alkanes) is 9. The van der Waals surface area contributed by atoms with Crippen molar-refractivity contribution in [2.45, 2.75) is 121 Å². The minimum Gasteiger partial charge on any atom is -0.394 e. The zero-order valence-electron chi connectivity index (χ0n) is 17.5. The van der Waals surface area contributed by atoms with Crippen molar-refractivity contribution in [3.8, 4) is 0 Å². The summed E-state index contributed by atoms with van der Waals surface area (Å²) in [5, 5.41) is 39.1. The number of ether oxygens (including phenoxy) is 1. The van der Waals surface area contributed by atoms with Gasteiger partial charge < -0.3 is 29.6 Å². The van der Waals surface area contributed by atoms with Gasteiger partial charge in [0.05, 0.1) is 6.61 Å².